The third-order valence-electron chi connectivity index (χ3n) is 5.88. The Morgan fingerprint density at radius 2 is 2.12 bits per heavy atom. The summed E-state index contributed by atoms with van der Waals surface area (Å²) < 4.78 is 11.2. The lowest BCUT2D eigenvalue weighted by atomic mass is 9.78. The van der Waals surface area contributed by atoms with E-state index >= 15 is 0 Å². The lowest BCUT2D eigenvalue weighted by molar-refractivity contribution is -0.132. The molecule has 0 bridgehead atoms. The maximum atomic E-state index is 12.6. The minimum Gasteiger partial charge on any atom is -0.484 e. The van der Waals surface area contributed by atoms with Gasteiger partial charge in [-0.15, -0.1) is 0 Å². The fourth-order valence-corrected chi connectivity index (χ4v) is 4.34. The summed E-state index contributed by atoms with van der Waals surface area (Å²) in [5.41, 5.74) is 1.24. The summed E-state index contributed by atoms with van der Waals surface area (Å²) in [7, 11) is 1.77. The highest BCUT2D eigenvalue weighted by molar-refractivity contribution is 5.78. The number of rotatable bonds is 6. The molecule has 2 atom stereocenters. The van der Waals surface area contributed by atoms with Crippen LogP contribution in [0.15, 0.2) is 24.3 Å². The number of carbonyl (C=O) groups excluding carboxylic acids is 1. The SMILES string of the molecule is CCN1C[C@@H](COC)[C@@]2(CCN(C(=O)COc3ccccc3C)C2)C1. The second kappa shape index (κ2) is 7.75. The smallest absolute Gasteiger partial charge is 0.260 e. The third-order valence-corrected chi connectivity index (χ3v) is 5.88. The molecule has 0 saturated carbocycles. The van der Waals surface area contributed by atoms with Gasteiger partial charge in [0.2, 0.25) is 0 Å². The van der Waals surface area contributed by atoms with Crippen molar-refractivity contribution in [3.05, 3.63) is 29.8 Å². The number of aryl methyl sites for hydroxylation is 1. The largest absolute Gasteiger partial charge is 0.484 e. The van der Waals surface area contributed by atoms with Crippen LogP contribution in [0.25, 0.3) is 0 Å². The van der Waals surface area contributed by atoms with E-state index in [1.807, 2.05) is 36.1 Å². The summed E-state index contributed by atoms with van der Waals surface area (Å²) in [4.78, 5) is 17.1. The molecule has 3 rings (SSSR count). The van der Waals surface area contributed by atoms with E-state index in [4.69, 9.17) is 9.47 Å². The molecule has 2 heterocycles. The van der Waals surface area contributed by atoms with E-state index in [1.165, 1.54) is 0 Å². The predicted octanol–water partition coefficient (Wildman–Crippen LogP) is 2.19. The first-order valence-electron chi connectivity index (χ1n) is 9.25. The Labute approximate surface area is 150 Å². The maximum Gasteiger partial charge on any atom is 0.260 e. The molecule has 1 aromatic carbocycles. The molecule has 25 heavy (non-hydrogen) atoms. The van der Waals surface area contributed by atoms with Crippen molar-refractivity contribution < 1.29 is 14.3 Å². The summed E-state index contributed by atoms with van der Waals surface area (Å²) in [5, 5.41) is 0. The normalized spacial score (nSPS) is 26.5. The minimum atomic E-state index is 0.0891. The summed E-state index contributed by atoms with van der Waals surface area (Å²) in [5.74, 6) is 1.39. The van der Waals surface area contributed by atoms with Crippen molar-refractivity contribution in [2.75, 3.05) is 53.0 Å². The third kappa shape index (κ3) is 3.82. The summed E-state index contributed by atoms with van der Waals surface area (Å²) in [6, 6.07) is 7.82. The van der Waals surface area contributed by atoms with Crippen LogP contribution in [0.1, 0.15) is 18.9 Å². The average molecular weight is 346 g/mol. The first kappa shape index (κ1) is 18.2. The Kier molecular flexibility index (Phi) is 5.64. The minimum absolute atomic E-state index is 0.0891. The summed E-state index contributed by atoms with van der Waals surface area (Å²) in [6.45, 7) is 9.96. The monoisotopic (exact) mass is 346 g/mol. The Morgan fingerprint density at radius 3 is 2.84 bits per heavy atom. The van der Waals surface area contributed by atoms with Crippen molar-refractivity contribution in [2.24, 2.45) is 11.3 Å². The van der Waals surface area contributed by atoms with Gasteiger partial charge in [-0.2, -0.15) is 0 Å². The van der Waals surface area contributed by atoms with Crippen LogP contribution in [-0.4, -0.2) is 68.8 Å². The Hall–Kier alpha value is -1.59. The predicted molar refractivity (Wildman–Crippen MR) is 97.8 cm³/mol. The van der Waals surface area contributed by atoms with Crippen molar-refractivity contribution in [1.29, 1.82) is 0 Å². The van der Waals surface area contributed by atoms with Gasteiger partial charge in [0.15, 0.2) is 6.61 Å². The van der Waals surface area contributed by atoms with Crippen LogP contribution >= 0.6 is 0 Å². The Bertz CT molecular complexity index is 606. The van der Waals surface area contributed by atoms with E-state index in [1.54, 1.807) is 7.11 Å². The molecule has 0 aromatic heterocycles. The molecule has 5 nitrogen and oxygen atoms in total. The fourth-order valence-electron chi connectivity index (χ4n) is 4.34. The number of hydrogen-bond donors (Lipinski definition) is 0. The van der Waals surface area contributed by atoms with Crippen molar-refractivity contribution in [3.8, 4) is 5.75 Å². The number of nitrogens with zero attached hydrogens (tertiary/aromatic N) is 2. The van der Waals surface area contributed by atoms with Crippen molar-refractivity contribution in [2.45, 2.75) is 20.3 Å². The number of benzene rings is 1. The van der Waals surface area contributed by atoms with Crippen molar-refractivity contribution in [1.82, 2.24) is 9.80 Å². The molecule has 5 heteroatoms. The molecule has 0 unspecified atom stereocenters. The van der Waals surface area contributed by atoms with Gasteiger partial charge >= 0.3 is 0 Å². The van der Waals surface area contributed by atoms with Gasteiger partial charge in [0.05, 0.1) is 6.61 Å². The molecule has 0 N–H and O–H groups in total. The number of carbonyl (C=O) groups is 1. The van der Waals surface area contributed by atoms with Gasteiger partial charge in [-0.05, 0) is 31.5 Å². The molecule has 2 aliphatic rings. The van der Waals surface area contributed by atoms with Gasteiger partial charge in [-0.25, -0.2) is 0 Å². The van der Waals surface area contributed by atoms with Crippen LogP contribution < -0.4 is 4.74 Å². The topological polar surface area (TPSA) is 42.0 Å². The lowest BCUT2D eigenvalue weighted by Gasteiger charge is -2.30. The van der Waals surface area contributed by atoms with Crippen LogP contribution in [0.2, 0.25) is 0 Å². The van der Waals surface area contributed by atoms with Crippen LogP contribution in [0, 0.1) is 18.3 Å². The second-order valence-corrected chi connectivity index (χ2v) is 7.46. The van der Waals surface area contributed by atoms with Gasteiger partial charge in [0.25, 0.3) is 5.91 Å². The quantitative estimate of drug-likeness (QED) is 0.792. The van der Waals surface area contributed by atoms with Gasteiger partial charge < -0.3 is 19.3 Å². The lowest BCUT2D eigenvalue weighted by Crippen LogP contribution is -2.39. The highest BCUT2D eigenvalue weighted by Crippen LogP contribution is 2.43. The van der Waals surface area contributed by atoms with Gasteiger partial charge in [0, 0.05) is 44.6 Å². The van der Waals surface area contributed by atoms with E-state index < -0.39 is 0 Å². The number of amides is 1. The van der Waals surface area contributed by atoms with Crippen LogP contribution in [0.3, 0.4) is 0 Å². The van der Waals surface area contributed by atoms with E-state index in [0.717, 1.165) is 57.1 Å². The van der Waals surface area contributed by atoms with E-state index in [-0.39, 0.29) is 17.9 Å². The van der Waals surface area contributed by atoms with Crippen LogP contribution in [-0.2, 0) is 9.53 Å². The molecule has 2 aliphatic heterocycles. The zero-order valence-electron chi connectivity index (χ0n) is 15.7. The number of likely N-dealkylation sites (tertiary alicyclic amines) is 2. The number of para-hydroxylation sites is 1. The van der Waals surface area contributed by atoms with Crippen LogP contribution in [0.5, 0.6) is 5.75 Å². The van der Waals surface area contributed by atoms with Gasteiger partial charge in [-0.1, -0.05) is 25.1 Å². The first-order chi connectivity index (χ1) is 12.1. The molecule has 138 valence electrons. The fraction of sp³-hybridized carbons (Fsp3) is 0.650. The molecule has 0 aliphatic carbocycles. The van der Waals surface area contributed by atoms with E-state index in [2.05, 4.69) is 11.8 Å². The molecule has 1 amide bonds. The molecular weight excluding hydrogens is 316 g/mol. The number of hydrogen-bond acceptors (Lipinski definition) is 4. The zero-order chi connectivity index (χ0) is 17.9. The van der Waals surface area contributed by atoms with Crippen molar-refractivity contribution in [3.63, 3.8) is 0 Å². The van der Waals surface area contributed by atoms with E-state index in [0.29, 0.717) is 5.92 Å². The highest BCUT2D eigenvalue weighted by atomic mass is 16.5. The van der Waals surface area contributed by atoms with Crippen molar-refractivity contribution >= 4 is 5.91 Å². The number of methoxy groups -OCH3 is 1. The number of ether oxygens (including phenoxy) is 2. The Morgan fingerprint density at radius 1 is 1.32 bits per heavy atom. The zero-order valence-corrected chi connectivity index (χ0v) is 15.7. The molecule has 2 fully saturated rings. The first-order valence-corrected chi connectivity index (χ1v) is 9.25. The standard InChI is InChI=1S/C20H30N2O3/c1-4-21-11-17(12-24-3)20(14-21)9-10-22(15-20)19(23)13-25-18-8-6-5-7-16(18)2/h5-8,17H,4,9-15H2,1-3H3/t17-,20-/m0/s1. The molecule has 2 saturated heterocycles. The van der Waals surface area contributed by atoms with Gasteiger partial charge in [-0.3, -0.25) is 4.79 Å². The molecule has 1 spiro atoms. The summed E-state index contributed by atoms with van der Waals surface area (Å²) in [6.07, 6.45) is 1.06. The average Bonchev–Trinajstić information content (AvgIpc) is 3.19. The molecular formula is C20H30N2O3. The summed E-state index contributed by atoms with van der Waals surface area (Å²) >= 11 is 0. The molecule has 1 aromatic rings. The Balaban J connectivity index is 1.59. The maximum absolute atomic E-state index is 12.6. The van der Waals surface area contributed by atoms with Crippen LogP contribution in [0.4, 0.5) is 0 Å². The van der Waals surface area contributed by atoms with Gasteiger partial charge in [0.1, 0.15) is 5.75 Å². The molecule has 0 radical (unpaired) electrons. The second-order valence-electron chi connectivity index (χ2n) is 7.46. The highest BCUT2D eigenvalue weighted by Gasteiger charge is 2.50. The van der Waals surface area contributed by atoms with E-state index in [9.17, 15) is 4.79 Å².